The number of para-hydroxylation sites is 1. The van der Waals surface area contributed by atoms with Crippen LogP contribution < -0.4 is 5.32 Å². The summed E-state index contributed by atoms with van der Waals surface area (Å²) < 4.78 is 0. The Hall–Kier alpha value is -2.36. The third-order valence-corrected chi connectivity index (χ3v) is 2.07. The van der Waals surface area contributed by atoms with Crippen LogP contribution in [0.15, 0.2) is 48.8 Å². The number of pyridine rings is 1. The lowest BCUT2D eigenvalue weighted by atomic mass is 10.2. The van der Waals surface area contributed by atoms with Gasteiger partial charge in [0.25, 0.3) is 5.91 Å². The molecule has 0 spiro atoms. The Morgan fingerprint density at radius 2 is 1.94 bits per heavy atom. The van der Waals surface area contributed by atoms with Crippen molar-refractivity contribution in [3.05, 3.63) is 54.4 Å². The van der Waals surface area contributed by atoms with Crippen molar-refractivity contribution in [3.8, 4) is 5.75 Å². The van der Waals surface area contributed by atoms with Gasteiger partial charge < -0.3 is 10.4 Å². The van der Waals surface area contributed by atoms with E-state index in [2.05, 4.69) is 10.3 Å². The third-order valence-electron chi connectivity index (χ3n) is 2.07. The average Bonchev–Trinajstić information content (AvgIpc) is 2.31. The van der Waals surface area contributed by atoms with Crippen LogP contribution in [0.2, 0.25) is 0 Å². The Labute approximate surface area is 92.6 Å². The molecule has 0 unspecified atom stereocenters. The average molecular weight is 214 g/mol. The molecule has 0 aliphatic rings. The largest absolute Gasteiger partial charge is 0.507 e. The Bertz CT molecular complexity index is 497. The zero-order valence-corrected chi connectivity index (χ0v) is 8.42. The molecule has 4 nitrogen and oxygen atoms in total. The van der Waals surface area contributed by atoms with Crippen LogP contribution in [0.25, 0.3) is 0 Å². The van der Waals surface area contributed by atoms with E-state index in [0.717, 1.165) is 0 Å². The second-order valence-electron chi connectivity index (χ2n) is 3.21. The SMILES string of the molecule is O=C(Nc1ccccc1)c1cnccc1O. The summed E-state index contributed by atoms with van der Waals surface area (Å²) in [6, 6.07) is 10.4. The molecule has 0 aliphatic carbocycles. The van der Waals surface area contributed by atoms with Crippen molar-refractivity contribution < 1.29 is 9.90 Å². The maximum atomic E-state index is 11.7. The monoisotopic (exact) mass is 214 g/mol. The number of amides is 1. The van der Waals surface area contributed by atoms with Crippen molar-refractivity contribution in [2.24, 2.45) is 0 Å². The van der Waals surface area contributed by atoms with Crippen molar-refractivity contribution >= 4 is 11.6 Å². The number of benzene rings is 1. The number of aromatic nitrogens is 1. The minimum atomic E-state index is -0.378. The van der Waals surface area contributed by atoms with Crippen LogP contribution in [0.5, 0.6) is 5.75 Å². The standard InChI is InChI=1S/C12H10N2O2/c15-11-6-7-13-8-10(11)12(16)14-9-4-2-1-3-5-9/h1-8H,(H,13,15)(H,14,16). The second-order valence-corrected chi connectivity index (χ2v) is 3.21. The summed E-state index contributed by atoms with van der Waals surface area (Å²) in [5.41, 5.74) is 0.835. The molecule has 0 saturated carbocycles. The molecule has 0 bridgehead atoms. The molecule has 16 heavy (non-hydrogen) atoms. The van der Waals surface area contributed by atoms with Gasteiger partial charge in [0, 0.05) is 18.1 Å². The van der Waals surface area contributed by atoms with E-state index in [1.165, 1.54) is 18.5 Å². The first-order valence-electron chi connectivity index (χ1n) is 4.77. The molecule has 2 rings (SSSR count). The topological polar surface area (TPSA) is 62.2 Å². The smallest absolute Gasteiger partial charge is 0.260 e. The van der Waals surface area contributed by atoms with E-state index >= 15 is 0 Å². The molecule has 0 fully saturated rings. The van der Waals surface area contributed by atoms with Crippen LogP contribution in [0.1, 0.15) is 10.4 Å². The van der Waals surface area contributed by atoms with Crippen LogP contribution in [-0.4, -0.2) is 16.0 Å². The van der Waals surface area contributed by atoms with Gasteiger partial charge in [0.15, 0.2) is 0 Å². The molecule has 1 heterocycles. The molecule has 2 N–H and O–H groups in total. The molecule has 0 saturated heterocycles. The number of hydrogen-bond donors (Lipinski definition) is 2. The van der Waals surface area contributed by atoms with Crippen molar-refractivity contribution in [2.45, 2.75) is 0 Å². The quantitative estimate of drug-likeness (QED) is 0.804. The number of hydrogen-bond acceptors (Lipinski definition) is 3. The summed E-state index contributed by atoms with van der Waals surface area (Å²) in [5, 5.41) is 12.1. The number of nitrogens with one attached hydrogen (secondary N) is 1. The van der Waals surface area contributed by atoms with E-state index in [4.69, 9.17) is 0 Å². The van der Waals surface area contributed by atoms with E-state index in [0.29, 0.717) is 5.69 Å². The van der Waals surface area contributed by atoms with Gasteiger partial charge in [-0.3, -0.25) is 9.78 Å². The van der Waals surface area contributed by atoms with Gasteiger partial charge in [0.1, 0.15) is 5.75 Å². The first-order chi connectivity index (χ1) is 7.77. The fourth-order valence-electron chi connectivity index (χ4n) is 1.28. The number of carbonyl (C=O) groups is 1. The Kier molecular flexibility index (Phi) is 2.82. The highest BCUT2D eigenvalue weighted by atomic mass is 16.3. The summed E-state index contributed by atoms with van der Waals surface area (Å²) in [6.07, 6.45) is 2.75. The summed E-state index contributed by atoms with van der Waals surface area (Å²) in [7, 11) is 0. The summed E-state index contributed by atoms with van der Waals surface area (Å²) in [4.78, 5) is 15.5. The van der Waals surface area contributed by atoms with Crippen LogP contribution in [0.4, 0.5) is 5.69 Å². The molecule has 1 amide bonds. The van der Waals surface area contributed by atoms with Gasteiger partial charge in [-0.15, -0.1) is 0 Å². The third kappa shape index (κ3) is 2.17. The van der Waals surface area contributed by atoms with Crippen molar-refractivity contribution in [3.63, 3.8) is 0 Å². The van der Waals surface area contributed by atoms with Gasteiger partial charge in [-0.1, -0.05) is 18.2 Å². The van der Waals surface area contributed by atoms with E-state index in [-0.39, 0.29) is 17.2 Å². The predicted octanol–water partition coefficient (Wildman–Crippen LogP) is 2.04. The van der Waals surface area contributed by atoms with Crippen LogP contribution in [-0.2, 0) is 0 Å². The molecule has 0 radical (unpaired) electrons. The molecule has 4 heteroatoms. The van der Waals surface area contributed by atoms with E-state index in [1.807, 2.05) is 18.2 Å². The van der Waals surface area contributed by atoms with Gasteiger partial charge in [0.2, 0.25) is 0 Å². The van der Waals surface area contributed by atoms with Gasteiger partial charge in [-0.05, 0) is 18.2 Å². The molecule has 0 atom stereocenters. The maximum absolute atomic E-state index is 11.7. The second kappa shape index (κ2) is 4.44. The molecular weight excluding hydrogens is 204 g/mol. The van der Waals surface area contributed by atoms with Gasteiger partial charge >= 0.3 is 0 Å². The number of rotatable bonds is 2. The Morgan fingerprint density at radius 1 is 1.19 bits per heavy atom. The lowest BCUT2D eigenvalue weighted by Crippen LogP contribution is -2.12. The first-order valence-corrected chi connectivity index (χ1v) is 4.77. The minimum absolute atomic E-state index is 0.0802. The summed E-state index contributed by atoms with van der Waals surface area (Å²) in [5.74, 6) is -0.458. The maximum Gasteiger partial charge on any atom is 0.260 e. The molecule has 0 aliphatic heterocycles. The van der Waals surface area contributed by atoms with Crippen molar-refractivity contribution in [1.82, 2.24) is 4.98 Å². The normalized spacial score (nSPS) is 9.75. The number of nitrogens with zero attached hydrogens (tertiary/aromatic N) is 1. The van der Waals surface area contributed by atoms with Gasteiger partial charge in [0.05, 0.1) is 5.56 Å². The highest BCUT2D eigenvalue weighted by Gasteiger charge is 2.10. The van der Waals surface area contributed by atoms with Crippen LogP contribution in [0.3, 0.4) is 0 Å². The zero-order valence-electron chi connectivity index (χ0n) is 8.42. The summed E-state index contributed by atoms with van der Waals surface area (Å²) in [6.45, 7) is 0. The van der Waals surface area contributed by atoms with E-state index in [1.54, 1.807) is 12.1 Å². The van der Waals surface area contributed by atoms with Crippen LogP contribution >= 0.6 is 0 Å². The van der Waals surface area contributed by atoms with Gasteiger partial charge in [-0.25, -0.2) is 0 Å². The number of aromatic hydroxyl groups is 1. The number of carbonyl (C=O) groups excluding carboxylic acids is 1. The van der Waals surface area contributed by atoms with E-state index < -0.39 is 0 Å². The zero-order chi connectivity index (χ0) is 11.4. The first kappa shape index (κ1) is 10.2. The highest BCUT2D eigenvalue weighted by molar-refractivity contribution is 6.05. The highest BCUT2D eigenvalue weighted by Crippen LogP contribution is 2.16. The fraction of sp³-hybridized carbons (Fsp3) is 0. The van der Waals surface area contributed by atoms with E-state index in [9.17, 15) is 9.90 Å². The fourth-order valence-corrected chi connectivity index (χ4v) is 1.28. The lowest BCUT2D eigenvalue weighted by Gasteiger charge is -2.05. The summed E-state index contributed by atoms with van der Waals surface area (Å²) >= 11 is 0. The number of anilines is 1. The van der Waals surface area contributed by atoms with Crippen LogP contribution in [0, 0.1) is 0 Å². The molecule has 1 aromatic heterocycles. The van der Waals surface area contributed by atoms with Gasteiger partial charge in [-0.2, -0.15) is 0 Å². The Balaban J connectivity index is 2.19. The predicted molar refractivity (Wildman–Crippen MR) is 60.3 cm³/mol. The molecule has 80 valence electrons. The minimum Gasteiger partial charge on any atom is -0.507 e. The molecule has 1 aromatic carbocycles. The molecular formula is C12H10N2O2. The van der Waals surface area contributed by atoms with Crippen molar-refractivity contribution in [1.29, 1.82) is 0 Å². The Morgan fingerprint density at radius 3 is 2.62 bits per heavy atom. The molecule has 2 aromatic rings. The van der Waals surface area contributed by atoms with Crippen molar-refractivity contribution in [2.75, 3.05) is 5.32 Å². The lowest BCUT2D eigenvalue weighted by molar-refractivity contribution is 0.102.